The van der Waals surface area contributed by atoms with Crippen LogP contribution in [0.3, 0.4) is 0 Å². The highest BCUT2D eigenvalue weighted by atomic mass is 19.4. The number of carbonyl (C=O) groups excluding carboxylic acids is 2. The molecule has 0 unspecified atom stereocenters. The second-order valence-electron chi connectivity index (χ2n) is 8.15. The molecule has 0 radical (unpaired) electrons. The summed E-state index contributed by atoms with van der Waals surface area (Å²) >= 11 is 0. The maximum absolute atomic E-state index is 13.5. The van der Waals surface area contributed by atoms with Gasteiger partial charge in [-0.25, -0.2) is 5.43 Å². The van der Waals surface area contributed by atoms with Crippen molar-refractivity contribution in [3.63, 3.8) is 0 Å². The van der Waals surface area contributed by atoms with Crippen molar-refractivity contribution in [2.45, 2.75) is 31.4 Å². The topological polar surface area (TPSA) is 70.6 Å². The number of hydrogen-bond donors (Lipinski definition) is 2. The zero-order valence-electron chi connectivity index (χ0n) is 19.6. The van der Waals surface area contributed by atoms with Crippen molar-refractivity contribution in [2.24, 2.45) is 5.10 Å². The molecular weight excluding hydrogens is 519 g/mol. The molecule has 0 saturated carbocycles. The van der Waals surface area contributed by atoms with Crippen LogP contribution in [-0.2, 0) is 16.0 Å². The van der Waals surface area contributed by atoms with Gasteiger partial charge in [-0.05, 0) is 41.3 Å². The quantitative estimate of drug-likeness (QED) is 0.203. The lowest BCUT2D eigenvalue weighted by molar-refractivity contribution is -0.343. The van der Waals surface area contributed by atoms with Crippen molar-refractivity contribution in [3.05, 3.63) is 90.0 Å². The van der Waals surface area contributed by atoms with Crippen molar-refractivity contribution in [1.29, 1.82) is 0 Å². The molecule has 0 aliphatic carbocycles. The van der Waals surface area contributed by atoms with Crippen LogP contribution in [0.5, 0.6) is 0 Å². The van der Waals surface area contributed by atoms with Gasteiger partial charge in [-0.1, -0.05) is 66.7 Å². The summed E-state index contributed by atoms with van der Waals surface area (Å²) in [5.74, 6) is -15.8. The Balaban J connectivity index is 1.58. The Morgan fingerprint density at radius 2 is 1.32 bits per heavy atom. The molecular formula is C26H20F7N3O2. The van der Waals surface area contributed by atoms with Crippen molar-refractivity contribution in [1.82, 2.24) is 5.43 Å². The smallest absolute Gasteiger partial charge is 0.321 e. The molecule has 5 nitrogen and oxygen atoms in total. The van der Waals surface area contributed by atoms with Gasteiger partial charge < -0.3 is 5.32 Å². The molecule has 0 fully saturated rings. The molecule has 200 valence electrons. The largest absolute Gasteiger partial charge is 0.460 e. The Bertz CT molecular complexity index is 1310. The number of carbonyl (C=O) groups is 2. The Morgan fingerprint density at radius 1 is 0.763 bits per heavy atom. The number of hydrazone groups is 1. The van der Waals surface area contributed by atoms with Gasteiger partial charge in [0.25, 0.3) is 0 Å². The van der Waals surface area contributed by atoms with E-state index in [4.69, 9.17) is 0 Å². The van der Waals surface area contributed by atoms with E-state index in [1.54, 1.807) is 12.1 Å². The van der Waals surface area contributed by atoms with E-state index in [0.29, 0.717) is 5.56 Å². The minimum Gasteiger partial charge on any atom is -0.321 e. The van der Waals surface area contributed by atoms with E-state index < -0.39 is 35.5 Å². The summed E-state index contributed by atoms with van der Waals surface area (Å²) in [5, 5.41) is 5.27. The van der Waals surface area contributed by atoms with Gasteiger partial charge in [0.05, 0.1) is 12.1 Å². The minimum absolute atomic E-state index is 0.0353. The van der Waals surface area contributed by atoms with E-state index in [9.17, 15) is 40.3 Å². The summed E-state index contributed by atoms with van der Waals surface area (Å²) in [6.07, 6.45) is -6.59. The lowest BCUT2D eigenvalue weighted by atomic mass is 10.0. The van der Waals surface area contributed by atoms with Gasteiger partial charge in [0.15, 0.2) is 0 Å². The highest BCUT2D eigenvalue weighted by Gasteiger charge is 2.76. The normalized spacial score (nSPS) is 12.7. The summed E-state index contributed by atoms with van der Waals surface area (Å²) in [7, 11) is 0. The third kappa shape index (κ3) is 6.36. The molecule has 3 aromatic carbocycles. The van der Waals surface area contributed by atoms with E-state index in [1.807, 2.05) is 42.5 Å². The first-order chi connectivity index (χ1) is 17.7. The van der Waals surface area contributed by atoms with Crippen LogP contribution in [0.4, 0.5) is 36.4 Å². The fraction of sp³-hybridized carbons (Fsp3) is 0.192. The van der Waals surface area contributed by atoms with E-state index >= 15 is 0 Å². The lowest BCUT2D eigenvalue weighted by Gasteiger charge is -2.27. The van der Waals surface area contributed by atoms with E-state index in [0.717, 1.165) is 28.8 Å². The Kier molecular flexibility index (Phi) is 8.23. The standard InChI is InChI=1S/C26H20F7N3O2/c1-16(35-36-22(37)15-17-7-9-20(10-8-17)19-5-3-2-4-6-19)18-11-13-21(14-12-18)34-23(38)24(27,28)25(29,30)26(31,32)33/h2-14H,15H2,1H3,(H,34,38)(H,36,37)/b35-16+. The van der Waals surface area contributed by atoms with Crippen LogP contribution >= 0.6 is 0 Å². The zero-order chi connectivity index (χ0) is 28.1. The molecule has 0 saturated heterocycles. The van der Waals surface area contributed by atoms with Gasteiger partial charge in [-0.3, -0.25) is 9.59 Å². The highest BCUT2D eigenvalue weighted by molar-refractivity contribution is 6.01. The molecule has 0 aromatic heterocycles. The first kappa shape index (κ1) is 28.4. The van der Waals surface area contributed by atoms with Gasteiger partial charge in [-0.2, -0.15) is 35.8 Å². The Morgan fingerprint density at radius 3 is 1.87 bits per heavy atom. The molecule has 3 aromatic rings. The summed E-state index contributed by atoms with van der Waals surface area (Å²) in [6, 6.07) is 21.5. The summed E-state index contributed by atoms with van der Waals surface area (Å²) in [5.41, 5.74) is 5.29. The fourth-order valence-electron chi connectivity index (χ4n) is 3.21. The number of nitrogens with zero attached hydrogens (tertiary/aromatic N) is 1. The van der Waals surface area contributed by atoms with Crippen LogP contribution in [0.25, 0.3) is 11.1 Å². The highest BCUT2D eigenvalue weighted by Crippen LogP contribution is 2.46. The number of nitrogens with one attached hydrogen (secondary N) is 2. The molecule has 12 heteroatoms. The van der Waals surface area contributed by atoms with Crippen molar-refractivity contribution in [3.8, 4) is 11.1 Å². The first-order valence-electron chi connectivity index (χ1n) is 10.9. The number of anilines is 1. The monoisotopic (exact) mass is 539 g/mol. The number of rotatable bonds is 8. The van der Waals surface area contributed by atoms with Gasteiger partial charge in [0.1, 0.15) is 0 Å². The Labute approximate surface area is 212 Å². The third-order valence-electron chi connectivity index (χ3n) is 5.37. The SMILES string of the molecule is C/C(=N\NC(=O)Cc1ccc(-c2ccccc2)cc1)c1ccc(NC(=O)C(F)(F)C(F)(F)C(F)(F)F)cc1. The van der Waals surface area contributed by atoms with E-state index in [1.165, 1.54) is 24.4 Å². The molecule has 38 heavy (non-hydrogen) atoms. The Hall–Kier alpha value is -4.22. The predicted molar refractivity (Wildman–Crippen MR) is 127 cm³/mol. The molecule has 3 rings (SSSR count). The molecule has 0 atom stereocenters. The van der Waals surface area contributed by atoms with Crippen molar-refractivity contribution in [2.75, 3.05) is 5.32 Å². The average Bonchev–Trinajstić information content (AvgIpc) is 2.88. The number of amides is 2. The van der Waals surface area contributed by atoms with Crippen LogP contribution in [0.2, 0.25) is 0 Å². The van der Waals surface area contributed by atoms with Crippen LogP contribution < -0.4 is 10.7 Å². The summed E-state index contributed by atoms with van der Waals surface area (Å²) in [6.45, 7) is 1.50. The third-order valence-corrected chi connectivity index (χ3v) is 5.37. The molecule has 2 N–H and O–H groups in total. The van der Waals surface area contributed by atoms with Gasteiger partial charge >= 0.3 is 23.9 Å². The van der Waals surface area contributed by atoms with Crippen LogP contribution in [-0.4, -0.2) is 35.5 Å². The van der Waals surface area contributed by atoms with Gasteiger partial charge in [0.2, 0.25) is 5.91 Å². The molecule has 0 aliphatic rings. The number of benzene rings is 3. The molecule has 0 heterocycles. The van der Waals surface area contributed by atoms with Crippen molar-refractivity contribution < 1.29 is 40.3 Å². The van der Waals surface area contributed by atoms with Crippen molar-refractivity contribution >= 4 is 23.2 Å². The average molecular weight is 539 g/mol. The van der Waals surface area contributed by atoms with Gasteiger partial charge in [0, 0.05) is 5.69 Å². The summed E-state index contributed by atoms with van der Waals surface area (Å²) in [4.78, 5) is 23.7. The maximum Gasteiger partial charge on any atom is 0.460 e. The molecule has 0 spiro atoms. The first-order valence-corrected chi connectivity index (χ1v) is 10.9. The zero-order valence-corrected chi connectivity index (χ0v) is 19.6. The van der Waals surface area contributed by atoms with E-state index in [-0.39, 0.29) is 12.1 Å². The van der Waals surface area contributed by atoms with Crippen LogP contribution in [0.15, 0.2) is 84.0 Å². The minimum atomic E-state index is -6.62. The van der Waals surface area contributed by atoms with Gasteiger partial charge in [-0.15, -0.1) is 0 Å². The second kappa shape index (κ2) is 11.0. The molecule has 0 aliphatic heterocycles. The summed E-state index contributed by atoms with van der Waals surface area (Å²) < 4.78 is 89.7. The van der Waals surface area contributed by atoms with E-state index in [2.05, 4.69) is 10.5 Å². The maximum atomic E-state index is 13.5. The molecule has 2 amide bonds. The van der Waals surface area contributed by atoms with Crippen LogP contribution in [0.1, 0.15) is 18.1 Å². The number of alkyl halides is 7. The second-order valence-corrected chi connectivity index (χ2v) is 8.15. The predicted octanol–water partition coefficient (Wildman–Crippen LogP) is 6.21. The van der Waals surface area contributed by atoms with Crippen LogP contribution in [0, 0.1) is 0 Å². The molecule has 0 bridgehead atoms. The number of halogens is 7. The lowest BCUT2D eigenvalue weighted by Crippen LogP contribution is -2.57. The number of hydrogen-bond acceptors (Lipinski definition) is 3. The fourth-order valence-corrected chi connectivity index (χ4v) is 3.21.